The molecule has 0 aliphatic rings. The van der Waals surface area contributed by atoms with Gasteiger partial charge in [-0.2, -0.15) is 0 Å². The lowest BCUT2D eigenvalue weighted by Crippen LogP contribution is -2.18. The van der Waals surface area contributed by atoms with E-state index >= 15 is 0 Å². The van der Waals surface area contributed by atoms with Crippen molar-refractivity contribution >= 4 is 28.3 Å². The fraction of sp³-hybridized carbons (Fsp3) is 0.333. The number of hydrogen-bond donors (Lipinski definition) is 0. The molecule has 0 aliphatic carbocycles. The van der Waals surface area contributed by atoms with Gasteiger partial charge in [0, 0.05) is 22.4 Å². The van der Waals surface area contributed by atoms with Crippen molar-refractivity contribution in [3.05, 3.63) is 39.9 Å². The minimum atomic E-state index is -0.634. The Hall–Kier alpha value is -1.69. The normalized spacial score (nSPS) is 11.1. The molecular formula is C12H13NO4S. The molecule has 0 saturated carbocycles. The fourth-order valence-corrected chi connectivity index (χ4v) is 1.94. The average Bonchev–Trinajstić information content (AvgIpc) is 2.26. The third kappa shape index (κ3) is 3.96. The summed E-state index contributed by atoms with van der Waals surface area (Å²) in [6, 6.07) is 5.01. The van der Waals surface area contributed by atoms with E-state index in [-0.39, 0.29) is 16.0 Å². The highest BCUT2D eigenvalue weighted by Gasteiger charge is 2.24. The summed E-state index contributed by atoms with van der Waals surface area (Å²) in [6.07, 6.45) is 0. The van der Waals surface area contributed by atoms with E-state index in [9.17, 15) is 19.7 Å². The quantitative estimate of drug-likeness (QED) is 0.364. The lowest BCUT2D eigenvalue weighted by atomic mass is 10.1. The maximum absolute atomic E-state index is 11.8. The van der Waals surface area contributed by atoms with E-state index in [1.165, 1.54) is 24.3 Å². The Labute approximate surface area is 109 Å². The molecule has 0 unspecified atom stereocenters. The zero-order valence-electron chi connectivity index (χ0n) is 10.3. The van der Waals surface area contributed by atoms with Crippen molar-refractivity contribution < 1.29 is 14.5 Å². The second kappa shape index (κ2) is 5.30. The van der Waals surface area contributed by atoms with Crippen LogP contribution in [0.1, 0.15) is 31.1 Å². The van der Waals surface area contributed by atoms with E-state index in [0.29, 0.717) is 0 Å². The second-order valence-corrected chi connectivity index (χ2v) is 6.43. The molecule has 0 atom stereocenters. The first-order valence-corrected chi connectivity index (χ1v) is 6.04. The van der Waals surface area contributed by atoms with Crippen molar-refractivity contribution in [1.29, 1.82) is 0 Å². The number of carbonyl (C=O) groups is 2. The number of carbonyl (C=O) groups excluding carboxylic acids is 2. The standard InChI is InChI=1S/C12H13NO4S/c1-12(2,3)18-11(15)10(14)8-4-6-9(7-5-8)13(16)17/h4-7H,1-3H3. The number of non-ortho nitro benzene ring substituents is 1. The van der Waals surface area contributed by atoms with Crippen molar-refractivity contribution in [3.8, 4) is 0 Å². The predicted molar refractivity (Wildman–Crippen MR) is 69.8 cm³/mol. The van der Waals surface area contributed by atoms with Crippen LogP contribution in [-0.2, 0) is 4.79 Å². The molecule has 96 valence electrons. The van der Waals surface area contributed by atoms with Gasteiger partial charge in [0.2, 0.25) is 5.78 Å². The second-order valence-electron chi connectivity index (χ2n) is 4.63. The van der Waals surface area contributed by atoms with E-state index in [4.69, 9.17) is 0 Å². The minimum absolute atomic E-state index is 0.109. The highest BCUT2D eigenvalue weighted by molar-refractivity contribution is 8.16. The number of rotatable bonds is 3. The maximum atomic E-state index is 11.8. The van der Waals surface area contributed by atoms with Crippen LogP contribution in [0, 0.1) is 10.1 Å². The molecule has 0 aliphatic heterocycles. The van der Waals surface area contributed by atoms with Gasteiger partial charge >= 0.3 is 0 Å². The van der Waals surface area contributed by atoms with Gasteiger partial charge in [-0.05, 0) is 12.1 Å². The van der Waals surface area contributed by atoms with Crippen molar-refractivity contribution in [2.24, 2.45) is 0 Å². The number of Topliss-reactive ketones (excluding diaryl/α,β-unsaturated/α-hetero) is 1. The van der Waals surface area contributed by atoms with Gasteiger partial charge in [0.15, 0.2) is 0 Å². The molecule has 0 aromatic heterocycles. The Kier molecular flexibility index (Phi) is 4.24. The molecule has 18 heavy (non-hydrogen) atoms. The van der Waals surface area contributed by atoms with E-state index in [0.717, 1.165) is 11.8 Å². The molecule has 0 bridgehead atoms. The van der Waals surface area contributed by atoms with Gasteiger partial charge in [0.05, 0.1) is 4.92 Å². The lowest BCUT2D eigenvalue weighted by molar-refractivity contribution is -0.384. The molecule has 6 heteroatoms. The van der Waals surface area contributed by atoms with Crippen LogP contribution >= 0.6 is 11.8 Å². The van der Waals surface area contributed by atoms with Crippen LogP contribution in [0.15, 0.2) is 24.3 Å². The molecule has 1 aromatic carbocycles. The Morgan fingerprint density at radius 1 is 1.17 bits per heavy atom. The minimum Gasteiger partial charge on any atom is -0.284 e. The van der Waals surface area contributed by atoms with Gasteiger partial charge in [-0.25, -0.2) is 0 Å². The zero-order valence-corrected chi connectivity index (χ0v) is 11.1. The summed E-state index contributed by atoms with van der Waals surface area (Å²) < 4.78 is -0.340. The third-order valence-corrected chi connectivity index (χ3v) is 2.91. The maximum Gasteiger partial charge on any atom is 0.269 e. The van der Waals surface area contributed by atoms with E-state index in [1.54, 1.807) is 0 Å². The summed E-state index contributed by atoms with van der Waals surface area (Å²) in [5.74, 6) is -0.634. The summed E-state index contributed by atoms with van der Waals surface area (Å²) in [5.41, 5.74) is 0.0600. The molecule has 1 aromatic rings. The number of hydrogen-bond acceptors (Lipinski definition) is 5. The Bertz CT molecular complexity index is 488. The van der Waals surface area contributed by atoms with E-state index in [2.05, 4.69) is 0 Å². The molecule has 5 nitrogen and oxygen atoms in total. The van der Waals surface area contributed by atoms with Gasteiger partial charge in [-0.3, -0.25) is 19.7 Å². The van der Waals surface area contributed by atoms with Crippen LogP contribution in [-0.4, -0.2) is 20.6 Å². The van der Waals surface area contributed by atoms with Crippen LogP contribution in [0.25, 0.3) is 0 Å². The van der Waals surface area contributed by atoms with Gasteiger partial charge in [0.25, 0.3) is 10.8 Å². The Balaban J connectivity index is 2.85. The fourth-order valence-electron chi connectivity index (χ4n) is 1.18. The zero-order chi connectivity index (χ0) is 13.9. The summed E-state index contributed by atoms with van der Waals surface area (Å²) in [6.45, 7) is 5.50. The van der Waals surface area contributed by atoms with E-state index < -0.39 is 15.8 Å². The smallest absolute Gasteiger partial charge is 0.269 e. The first-order chi connectivity index (χ1) is 8.20. The SMILES string of the molecule is CC(C)(C)SC(=O)C(=O)c1ccc([N+](=O)[O-])cc1. The van der Waals surface area contributed by atoms with Gasteiger partial charge < -0.3 is 0 Å². The molecule has 0 N–H and O–H groups in total. The van der Waals surface area contributed by atoms with E-state index in [1.807, 2.05) is 20.8 Å². The first kappa shape index (κ1) is 14.4. The number of benzene rings is 1. The summed E-state index contributed by atoms with van der Waals surface area (Å²) in [5, 5.41) is 9.89. The number of thioether (sulfide) groups is 1. The molecule has 0 heterocycles. The summed E-state index contributed by atoms with van der Waals surface area (Å²) in [7, 11) is 0. The van der Waals surface area contributed by atoms with Crippen LogP contribution < -0.4 is 0 Å². The summed E-state index contributed by atoms with van der Waals surface area (Å²) in [4.78, 5) is 33.3. The third-order valence-electron chi connectivity index (χ3n) is 1.92. The highest BCUT2D eigenvalue weighted by Crippen LogP contribution is 2.25. The Morgan fingerprint density at radius 3 is 2.06 bits per heavy atom. The summed E-state index contributed by atoms with van der Waals surface area (Å²) >= 11 is 0.948. The molecular weight excluding hydrogens is 254 g/mol. The Morgan fingerprint density at radius 2 is 1.67 bits per heavy atom. The molecule has 0 amide bonds. The van der Waals surface area contributed by atoms with Crippen molar-refractivity contribution in [3.63, 3.8) is 0 Å². The van der Waals surface area contributed by atoms with Crippen LogP contribution in [0.5, 0.6) is 0 Å². The number of ketones is 1. The number of nitrogens with zero attached hydrogens (tertiary/aromatic N) is 1. The van der Waals surface area contributed by atoms with Crippen molar-refractivity contribution in [2.45, 2.75) is 25.5 Å². The largest absolute Gasteiger partial charge is 0.284 e. The molecule has 0 radical (unpaired) electrons. The average molecular weight is 267 g/mol. The molecule has 1 rings (SSSR count). The van der Waals surface area contributed by atoms with Crippen molar-refractivity contribution in [2.75, 3.05) is 0 Å². The lowest BCUT2D eigenvalue weighted by Gasteiger charge is -2.15. The molecule has 0 fully saturated rings. The van der Waals surface area contributed by atoms with Crippen LogP contribution in [0.3, 0.4) is 0 Å². The van der Waals surface area contributed by atoms with Gasteiger partial charge in [0.1, 0.15) is 0 Å². The van der Waals surface area contributed by atoms with Crippen LogP contribution in [0.2, 0.25) is 0 Å². The van der Waals surface area contributed by atoms with Crippen LogP contribution in [0.4, 0.5) is 5.69 Å². The van der Waals surface area contributed by atoms with Crippen molar-refractivity contribution in [1.82, 2.24) is 0 Å². The first-order valence-electron chi connectivity index (χ1n) is 5.23. The monoisotopic (exact) mass is 267 g/mol. The molecule has 0 spiro atoms. The number of nitro groups is 1. The van der Waals surface area contributed by atoms with Gasteiger partial charge in [-0.1, -0.05) is 32.5 Å². The van der Waals surface area contributed by atoms with Gasteiger partial charge in [-0.15, -0.1) is 0 Å². The highest BCUT2D eigenvalue weighted by atomic mass is 32.2. The number of nitro benzene ring substituents is 1. The topological polar surface area (TPSA) is 77.3 Å². The predicted octanol–water partition coefficient (Wildman–Crippen LogP) is 2.84. The molecule has 0 saturated heterocycles.